The van der Waals surface area contributed by atoms with Gasteiger partial charge >= 0.3 is 0 Å². The molecule has 1 aromatic heterocycles. The number of nitrogens with one attached hydrogen (secondary N) is 1. The van der Waals surface area contributed by atoms with E-state index in [0.29, 0.717) is 0 Å². The highest BCUT2D eigenvalue weighted by Crippen LogP contribution is 2.40. The van der Waals surface area contributed by atoms with Crippen LogP contribution in [-0.4, -0.2) is 16.8 Å². The van der Waals surface area contributed by atoms with Gasteiger partial charge in [0.15, 0.2) is 0 Å². The molecule has 3 nitrogen and oxygen atoms in total. The van der Waals surface area contributed by atoms with Gasteiger partial charge in [0.1, 0.15) is 0 Å². The second-order valence-corrected chi connectivity index (χ2v) is 5.81. The molecule has 1 aliphatic rings. The molecule has 106 valence electrons. The number of aromatic nitrogens is 2. The van der Waals surface area contributed by atoms with Crippen molar-refractivity contribution >= 4 is 0 Å². The Hall–Kier alpha value is -1.61. The van der Waals surface area contributed by atoms with Gasteiger partial charge in [0.2, 0.25) is 0 Å². The fraction of sp³-hybridized carbons (Fsp3) is 0.471. The summed E-state index contributed by atoms with van der Waals surface area (Å²) in [5.41, 5.74) is 5.22. The molecule has 0 spiro atoms. The zero-order valence-electron chi connectivity index (χ0n) is 12.6. The average Bonchev–Trinajstić information content (AvgIpc) is 2.70. The van der Waals surface area contributed by atoms with Gasteiger partial charge in [-0.2, -0.15) is 5.10 Å². The van der Waals surface area contributed by atoms with Gasteiger partial charge < -0.3 is 5.32 Å². The van der Waals surface area contributed by atoms with Crippen LogP contribution in [0.5, 0.6) is 0 Å². The van der Waals surface area contributed by atoms with E-state index in [1.807, 2.05) is 25.7 Å². The van der Waals surface area contributed by atoms with Crippen LogP contribution in [0.25, 0.3) is 0 Å². The van der Waals surface area contributed by atoms with E-state index in [1.54, 1.807) is 0 Å². The number of aryl methyl sites for hydroxylation is 2. The molecule has 1 heterocycles. The zero-order valence-corrected chi connectivity index (χ0v) is 12.6. The quantitative estimate of drug-likeness (QED) is 0.923. The van der Waals surface area contributed by atoms with Crippen molar-refractivity contribution < 1.29 is 0 Å². The van der Waals surface area contributed by atoms with E-state index in [4.69, 9.17) is 0 Å². The fourth-order valence-electron chi connectivity index (χ4n) is 3.23. The molecule has 0 saturated heterocycles. The van der Waals surface area contributed by atoms with Crippen molar-refractivity contribution in [1.29, 1.82) is 0 Å². The van der Waals surface area contributed by atoms with Gasteiger partial charge in [-0.1, -0.05) is 30.7 Å². The summed E-state index contributed by atoms with van der Waals surface area (Å²) in [5, 5.41) is 7.96. The molecule has 1 unspecified atom stereocenters. The molecule has 1 aliphatic carbocycles. The molecule has 1 atom stereocenters. The number of rotatable bonds is 4. The van der Waals surface area contributed by atoms with E-state index in [9.17, 15) is 0 Å². The highest BCUT2D eigenvalue weighted by molar-refractivity contribution is 5.38. The smallest absolute Gasteiger partial charge is 0.0748 e. The SMILES string of the molecule is CNC(c1ccccc1C1CCC1)c1cc(C)nn1C. The Morgan fingerprint density at radius 1 is 1.30 bits per heavy atom. The Balaban J connectivity index is 2.03. The van der Waals surface area contributed by atoms with E-state index < -0.39 is 0 Å². The number of hydrogen-bond acceptors (Lipinski definition) is 2. The maximum Gasteiger partial charge on any atom is 0.0748 e. The minimum Gasteiger partial charge on any atom is -0.308 e. The Kier molecular flexibility index (Phi) is 3.62. The Labute approximate surface area is 121 Å². The molecule has 1 aromatic carbocycles. The third kappa shape index (κ3) is 2.27. The molecule has 1 N–H and O–H groups in total. The first-order chi connectivity index (χ1) is 9.70. The predicted molar refractivity (Wildman–Crippen MR) is 81.9 cm³/mol. The van der Waals surface area contributed by atoms with Crippen LogP contribution in [0.2, 0.25) is 0 Å². The Morgan fingerprint density at radius 2 is 2.05 bits per heavy atom. The molecule has 0 amide bonds. The normalized spacial score (nSPS) is 16.9. The van der Waals surface area contributed by atoms with Gasteiger partial charge in [0, 0.05) is 7.05 Å². The van der Waals surface area contributed by atoms with Crippen molar-refractivity contribution in [3.8, 4) is 0 Å². The lowest BCUT2D eigenvalue weighted by molar-refractivity contribution is 0.414. The van der Waals surface area contributed by atoms with Crippen molar-refractivity contribution in [3.05, 3.63) is 52.8 Å². The van der Waals surface area contributed by atoms with Crippen LogP contribution in [0.4, 0.5) is 0 Å². The minimum atomic E-state index is 0.220. The van der Waals surface area contributed by atoms with E-state index in [2.05, 4.69) is 40.7 Å². The summed E-state index contributed by atoms with van der Waals surface area (Å²) in [6.45, 7) is 2.05. The molecule has 1 fully saturated rings. The molecule has 2 aromatic rings. The van der Waals surface area contributed by atoms with Gasteiger partial charge in [0.25, 0.3) is 0 Å². The Morgan fingerprint density at radius 3 is 2.60 bits per heavy atom. The monoisotopic (exact) mass is 269 g/mol. The summed E-state index contributed by atoms with van der Waals surface area (Å²) in [4.78, 5) is 0. The second-order valence-electron chi connectivity index (χ2n) is 5.81. The third-order valence-electron chi connectivity index (χ3n) is 4.47. The third-order valence-corrected chi connectivity index (χ3v) is 4.47. The molecule has 3 rings (SSSR count). The lowest BCUT2D eigenvalue weighted by atomic mass is 9.77. The van der Waals surface area contributed by atoms with E-state index >= 15 is 0 Å². The van der Waals surface area contributed by atoms with E-state index in [1.165, 1.54) is 36.1 Å². The van der Waals surface area contributed by atoms with Gasteiger partial charge in [-0.25, -0.2) is 0 Å². The molecule has 0 bridgehead atoms. The van der Waals surface area contributed by atoms with Crippen LogP contribution in [0.3, 0.4) is 0 Å². The molecular weight excluding hydrogens is 246 g/mol. The van der Waals surface area contributed by atoms with E-state index in [0.717, 1.165) is 11.6 Å². The van der Waals surface area contributed by atoms with Gasteiger partial charge in [-0.3, -0.25) is 4.68 Å². The summed E-state index contributed by atoms with van der Waals surface area (Å²) < 4.78 is 1.99. The lowest BCUT2D eigenvalue weighted by Gasteiger charge is -2.30. The Bertz CT molecular complexity index is 596. The minimum absolute atomic E-state index is 0.220. The number of hydrogen-bond donors (Lipinski definition) is 1. The molecule has 0 radical (unpaired) electrons. The fourth-order valence-corrected chi connectivity index (χ4v) is 3.23. The first-order valence-electron chi connectivity index (χ1n) is 7.47. The van der Waals surface area contributed by atoms with Crippen molar-refractivity contribution in [3.63, 3.8) is 0 Å². The first kappa shape index (κ1) is 13.4. The number of nitrogens with zero attached hydrogens (tertiary/aromatic N) is 2. The summed E-state index contributed by atoms with van der Waals surface area (Å²) in [5.74, 6) is 0.747. The van der Waals surface area contributed by atoms with Crippen LogP contribution in [0, 0.1) is 6.92 Å². The van der Waals surface area contributed by atoms with Crippen LogP contribution in [0.1, 0.15) is 53.7 Å². The van der Waals surface area contributed by atoms with Crippen LogP contribution in [0.15, 0.2) is 30.3 Å². The summed E-state index contributed by atoms with van der Waals surface area (Å²) in [7, 11) is 4.06. The van der Waals surface area contributed by atoms with Crippen molar-refractivity contribution in [2.45, 2.75) is 38.1 Å². The maximum atomic E-state index is 4.49. The molecule has 20 heavy (non-hydrogen) atoms. The van der Waals surface area contributed by atoms with Crippen LogP contribution >= 0.6 is 0 Å². The molecule has 1 saturated carbocycles. The standard InChI is InChI=1S/C17H23N3/c1-12-11-16(20(3)19-12)17(18-2)15-10-5-4-9-14(15)13-7-6-8-13/h4-5,9-11,13,17-18H,6-8H2,1-3H3. The molecule has 0 aliphatic heterocycles. The topological polar surface area (TPSA) is 29.9 Å². The summed E-state index contributed by atoms with van der Waals surface area (Å²) in [6.07, 6.45) is 4.03. The highest BCUT2D eigenvalue weighted by atomic mass is 15.3. The van der Waals surface area contributed by atoms with Crippen molar-refractivity contribution in [1.82, 2.24) is 15.1 Å². The second kappa shape index (κ2) is 5.41. The number of benzene rings is 1. The zero-order chi connectivity index (χ0) is 14.1. The highest BCUT2D eigenvalue weighted by Gasteiger charge is 2.26. The first-order valence-corrected chi connectivity index (χ1v) is 7.47. The average molecular weight is 269 g/mol. The van der Waals surface area contributed by atoms with E-state index in [-0.39, 0.29) is 6.04 Å². The van der Waals surface area contributed by atoms with Gasteiger partial charge in [-0.05, 0) is 49.9 Å². The van der Waals surface area contributed by atoms with Crippen LogP contribution < -0.4 is 5.32 Å². The van der Waals surface area contributed by atoms with Gasteiger partial charge in [0.05, 0.1) is 17.4 Å². The maximum absolute atomic E-state index is 4.49. The summed E-state index contributed by atoms with van der Waals surface area (Å²) >= 11 is 0. The predicted octanol–water partition coefficient (Wildman–Crippen LogP) is 3.30. The van der Waals surface area contributed by atoms with Crippen molar-refractivity contribution in [2.24, 2.45) is 7.05 Å². The summed E-state index contributed by atoms with van der Waals surface area (Å²) in [6, 6.07) is 11.3. The molecular formula is C17H23N3. The van der Waals surface area contributed by atoms with Crippen LogP contribution in [-0.2, 0) is 7.05 Å². The molecule has 3 heteroatoms. The lowest BCUT2D eigenvalue weighted by Crippen LogP contribution is -2.23. The van der Waals surface area contributed by atoms with Crippen molar-refractivity contribution in [2.75, 3.05) is 7.05 Å². The van der Waals surface area contributed by atoms with Gasteiger partial charge in [-0.15, -0.1) is 0 Å². The largest absolute Gasteiger partial charge is 0.308 e.